The van der Waals surface area contributed by atoms with Crippen LogP contribution in [-0.2, 0) is 6.42 Å². The molecular weight excluding hydrogens is 440 g/mol. The van der Waals surface area contributed by atoms with Crippen molar-refractivity contribution in [3.05, 3.63) is 93.9 Å². The molecule has 0 bridgehead atoms. The number of benzene rings is 2. The summed E-state index contributed by atoms with van der Waals surface area (Å²) in [6, 6.07) is 20.4. The van der Waals surface area contributed by atoms with Gasteiger partial charge in [0.1, 0.15) is 0 Å². The lowest BCUT2D eigenvalue weighted by Crippen LogP contribution is -2.44. The van der Waals surface area contributed by atoms with Crippen molar-refractivity contribution < 1.29 is 4.79 Å². The minimum Gasteiger partial charge on any atom is -0.352 e. The molecule has 4 aromatic rings. The Balaban J connectivity index is 1.40. The first kappa shape index (κ1) is 22.7. The summed E-state index contributed by atoms with van der Waals surface area (Å²) in [5.41, 5.74) is 3.59. The van der Waals surface area contributed by atoms with Gasteiger partial charge in [-0.05, 0) is 49.2 Å². The van der Waals surface area contributed by atoms with Crippen molar-refractivity contribution in [2.45, 2.75) is 13.3 Å². The Morgan fingerprint density at radius 2 is 1.71 bits per heavy atom. The first-order valence-electron chi connectivity index (χ1n) is 11.9. The number of rotatable bonds is 6. The van der Waals surface area contributed by atoms with Gasteiger partial charge in [-0.25, -0.2) is 4.98 Å². The van der Waals surface area contributed by atoms with Gasteiger partial charge in [0.15, 0.2) is 5.65 Å². The average Bonchev–Trinajstić information content (AvgIpc) is 2.89. The van der Waals surface area contributed by atoms with Crippen molar-refractivity contribution in [2.24, 2.45) is 0 Å². The highest BCUT2D eigenvalue weighted by Crippen LogP contribution is 2.21. The molecule has 1 fully saturated rings. The predicted octanol–water partition coefficient (Wildman–Crippen LogP) is 2.47. The van der Waals surface area contributed by atoms with Crippen LogP contribution in [0.2, 0.25) is 0 Å². The number of piperazine rings is 1. The number of pyridine rings is 1. The Hall–Kier alpha value is -4.04. The fourth-order valence-electron chi connectivity index (χ4n) is 4.34. The number of aromatic nitrogens is 3. The number of amides is 1. The Kier molecular flexibility index (Phi) is 6.54. The van der Waals surface area contributed by atoms with E-state index in [0.717, 1.165) is 43.7 Å². The van der Waals surface area contributed by atoms with Crippen LogP contribution in [0, 0.1) is 6.92 Å². The summed E-state index contributed by atoms with van der Waals surface area (Å²) in [6.45, 7) is 5.87. The van der Waals surface area contributed by atoms with Gasteiger partial charge in [0.05, 0.1) is 11.4 Å². The van der Waals surface area contributed by atoms with Crippen LogP contribution in [-0.4, -0.2) is 53.2 Å². The topological polar surface area (TPSA) is 92.2 Å². The SMILES string of the molecule is Cc1nc(N2CCNCC2)nc2c1ccc(=O)n2-c1ccc(C(=O)NCCc2ccccc2)cc1. The van der Waals surface area contributed by atoms with Gasteiger partial charge < -0.3 is 15.5 Å². The molecule has 1 saturated heterocycles. The maximum Gasteiger partial charge on any atom is 0.256 e. The predicted molar refractivity (Wildman–Crippen MR) is 137 cm³/mol. The Labute approximate surface area is 203 Å². The number of fused-ring (bicyclic) bond motifs is 1. The van der Waals surface area contributed by atoms with E-state index in [-0.39, 0.29) is 11.5 Å². The van der Waals surface area contributed by atoms with Gasteiger partial charge in [0.2, 0.25) is 5.95 Å². The molecule has 0 atom stereocenters. The lowest BCUT2D eigenvalue weighted by molar-refractivity contribution is 0.0954. The number of nitrogens with zero attached hydrogens (tertiary/aromatic N) is 4. The van der Waals surface area contributed by atoms with Crippen LogP contribution in [0.4, 0.5) is 5.95 Å². The normalized spacial score (nSPS) is 13.7. The summed E-state index contributed by atoms with van der Waals surface area (Å²) in [5, 5.41) is 7.12. The van der Waals surface area contributed by atoms with Crippen molar-refractivity contribution in [3.8, 4) is 5.69 Å². The average molecular weight is 469 g/mol. The van der Waals surface area contributed by atoms with Gasteiger partial charge in [-0.2, -0.15) is 4.98 Å². The van der Waals surface area contributed by atoms with Crippen LogP contribution < -0.4 is 21.1 Å². The Bertz CT molecular complexity index is 1390. The van der Waals surface area contributed by atoms with Crippen LogP contribution in [0.3, 0.4) is 0 Å². The Morgan fingerprint density at radius 1 is 0.971 bits per heavy atom. The number of hydrogen-bond donors (Lipinski definition) is 2. The first-order valence-corrected chi connectivity index (χ1v) is 11.9. The third kappa shape index (κ3) is 4.93. The second-order valence-corrected chi connectivity index (χ2v) is 8.63. The van der Waals surface area contributed by atoms with E-state index < -0.39 is 0 Å². The van der Waals surface area contributed by atoms with Crippen LogP contribution in [0.1, 0.15) is 21.6 Å². The molecule has 8 heteroatoms. The molecular formula is C27H28N6O2. The molecule has 0 saturated carbocycles. The van der Waals surface area contributed by atoms with Crippen molar-refractivity contribution in [1.29, 1.82) is 0 Å². The minimum absolute atomic E-state index is 0.142. The highest BCUT2D eigenvalue weighted by Gasteiger charge is 2.17. The molecule has 8 nitrogen and oxygen atoms in total. The van der Waals surface area contributed by atoms with E-state index in [0.29, 0.717) is 29.4 Å². The second kappa shape index (κ2) is 10.1. The largest absolute Gasteiger partial charge is 0.352 e. The van der Waals surface area contributed by atoms with Crippen LogP contribution in [0.25, 0.3) is 16.7 Å². The van der Waals surface area contributed by atoms with Gasteiger partial charge in [0, 0.05) is 49.7 Å². The summed E-state index contributed by atoms with van der Waals surface area (Å²) < 4.78 is 1.59. The van der Waals surface area contributed by atoms with Gasteiger partial charge in [0.25, 0.3) is 11.5 Å². The summed E-state index contributed by atoms with van der Waals surface area (Å²) in [6.07, 6.45) is 0.768. The molecule has 0 radical (unpaired) electrons. The van der Waals surface area contributed by atoms with Crippen LogP contribution in [0.5, 0.6) is 0 Å². The van der Waals surface area contributed by atoms with E-state index in [4.69, 9.17) is 9.97 Å². The van der Waals surface area contributed by atoms with E-state index in [1.165, 1.54) is 11.6 Å². The quantitative estimate of drug-likeness (QED) is 0.452. The lowest BCUT2D eigenvalue weighted by Gasteiger charge is -2.28. The van der Waals surface area contributed by atoms with Gasteiger partial charge >= 0.3 is 0 Å². The molecule has 0 unspecified atom stereocenters. The first-order chi connectivity index (χ1) is 17.1. The molecule has 0 spiro atoms. The molecule has 1 aliphatic heterocycles. The van der Waals surface area contributed by atoms with Crippen molar-refractivity contribution in [3.63, 3.8) is 0 Å². The molecule has 5 rings (SSSR count). The van der Waals surface area contributed by atoms with Gasteiger partial charge in [-0.3, -0.25) is 14.2 Å². The third-order valence-electron chi connectivity index (χ3n) is 6.26. The molecule has 3 heterocycles. The monoisotopic (exact) mass is 468 g/mol. The van der Waals surface area contributed by atoms with E-state index in [1.807, 2.05) is 37.3 Å². The summed E-state index contributed by atoms with van der Waals surface area (Å²) >= 11 is 0. The van der Waals surface area contributed by atoms with E-state index >= 15 is 0 Å². The number of anilines is 1. The van der Waals surface area contributed by atoms with Crippen molar-refractivity contribution in [1.82, 2.24) is 25.2 Å². The van der Waals surface area contributed by atoms with E-state index in [9.17, 15) is 9.59 Å². The molecule has 1 amide bonds. The Morgan fingerprint density at radius 3 is 2.46 bits per heavy atom. The minimum atomic E-state index is -0.179. The van der Waals surface area contributed by atoms with Crippen molar-refractivity contribution in [2.75, 3.05) is 37.6 Å². The lowest BCUT2D eigenvalue weighted by atomic mass is 10.1. The summed E-state index contributed by atoms with van der Waals surface area (Å²) in [5.74, 6) is 0.488. The highest BCUT2D eigenvalue weighted by atomic mass is 16.1. The zero-order valence-electron chi connectivity index (χ0n) is 19.7. The number of hydrogen-bond acceptors (Lipinski definition) is 6. The van der Waals surface area contributed by atoms with Gasteiger partial charge in [-0.1, -0.05) is 30.3 Å². The zero-order valence-corrected chi connectivity index (χ0v) is 19.7. The maximum absolute atomic E-state index is 12.9. The van der Waals surface area contributed by atoms with E-state index in [2.05, 4.69) is 15.5 Å². The fourth-order valence-corrected chi connectivity index (χ4v) is 4.34. The molecule has 2 aromatic heterocycles. The summed E-state index contributed by atoms with van der Waals surface area (Å²) in [4.78, 5) is 37.2. The number of nitrogens with one attached hydrogen (secondary N) is 2. The molecule has 2 aromatic carbocycles. The third-order valence-corrected chi connectivity index (χ3v) is 6.26. The highest BCUT2D eigenvalue weighted by molar-refractivity contribution is 5.94. The number of carbonyl (C=O) groups is 1. The van der Waals surface area contributed by atoms with Crippen LogP contribution in [0.15, 0.2) is 71.5 Å². The number of carbonyl (C=O) groups excluding carboxylic acids is 1. The van der Waals surface area contributed by atoms with Gasteiger partial charge in [-0.15, -0.1) is 0 Å². The smallest absolute Gasteiger partial charge is 0.256 e. The molecule has 35 heavy (non-hydrogen) atoms. The summed E-state index contributed by atoms with van der Waals surface area (Å²) in [7, 11) is 0. The zero-order chi connectivity index (χ0) is 24.2. The maximum atomic E-state index is 12.9. The van der Waals surface area contributed by atoms with E-state index in [1.54, 1.807) is 34.9 Å². The number of aryl methyl sites for hydroxylation is 1. The second-order valence-electron chi connectivity index (χ2n) is 8.63. The fraction of sp³-hybridized carbons (Fsp3) is 0.259. The van der Waals surface area contributed by atoms with Crippen LogP contribution >= 0.6 is 0 Å². The van der Waals surface area contributed by atoms with Crippen molar-refractivity contribution >= 4 is 22.9 Å². The standard InChI is InChI=1S/C27H28N6O2/c1-19-23-11-12-24(34)33(25(23)31-27(30-19)32-17-15-28-16-18-32)22-9-7-21(8-10-22)26(35)29-14-13-20-5-3-2-4-6-20/h2-12,28H,13-18H2,1H3,(H,29,35). The molecule has 1 aliphatic rings. The molecule has 2 N–H and O–H groups in total. The molecule has 178 valence electrons. The molecule has 0 aliphatic carbocycles.